The second-order valence-corrected chi connectivity index (χ2v) is 7.29. The summed E-state index contributed by atoms with van der Waals surface area (Å²) in [5.41, 5.74) is 1.79. The molecule has 1 aliphatic heterocycles. The lowest BCUT2D eigenvalue weighted by Gasteiger charge is -2.16. The van der Waals surface area contributed by atoms with E-state index in [9.17, 15) is 9.00 Å². The Kier molecular flexibility index (Phi) is 3.84. The molecule has 0 saturated carbocycles. The van der Waals surface area contributed by atoms with E-state index in [1.807, 2.05) is 34.9 Å². The minimum absolute atomic E-state index is 0.165. The number of ether oxygens (including phenoxy) is 2. The zero-order valence-electron chi connectivity index (χ0n) is 13.9. The topological polar surface area (TPSA) is 57.5 Å². The number of rotatable bonds is 3. The number of aromatic nitrogens is 1. The Morgan fingerprint density at radius 1 is 1.08 bits per heavy atom. The van der Waals surface area contributed by atoms with Gasteiger partial charge in [-0.2, -0.15) is 0 Å². The number of hydrogen-bond acceptors (Lipinski definition) is 4. The van der Waals surface area contributed by atoms with Crippen molar-refractivity contribution in [1.82, 2.24) is 4.57 Å². The summed E-state index contributed by atoms with van der Waals surface area (Å²) >= 11 is 0. The van der Waals surface area contributed by atoms with Gasteiger partial charge in [0.15, 0.2) is 0 Å². The van der Waals surface area contributed by atoms with E-state index in [2.05, 4.69) is 0 Å². The molecule has 1 atom stereocenters. The molecule has 0 aliphatic carbocycles. The highest BCUT2D eigenvalue weighted by molar-refractivity contribution is 7.85. The van der Waals surface area contributed by atoms with Crippen molar-refractivity contribution in [3.63, 3.8) is 0 Å². The van der Waals surface area contributed by atoms with E-state index in [0.29, 0.717) is 45.3 Å². The van der Waals surface area contributed by atoms with Gasteiger partial charge in [0.1, 0.15) is 16.5 Å². The van der Waals surface area contributed by atoms with Crippen molar-refractivity contribution in [3.8, 4) is 22.6 Å². The molecule has 0 fully saturated rings. The second-order valence-electron chi connectivity index (χ2n) is 5.80. The molecule has 0 bridgehead atoms. The Morgan fingerprint density at radius 2 is 1.84 bits per heavy atom. The quantitative estimate of drug-likeness (QED) is 0.725. The average molecular weight is 355 g/mol. The van der Waals surface area contributed by atoms with E-state index >= 15 is 0 Å². The summed E-state index contributed by atoms with van der Waals surface area (Å²) in [6.07, 6.45) is 0. The van der Waals surface area contributed by atoms with Gasteiger partial charge < -0.3 is 14.0 Å². The Bertz CT molecular complexity index is 1060. The monoisotopic (exact) mass is 355 g/mol. The van der Waals surface area contributed by atoms with Crippen LogP contribution in [-0.4, -0.2) is 28.7 Å². The van der Waals surface area contributed by atoms with Gasteiger partial charge in [0.2, 0.25) is 5.43 Å². The van der Waals surface area contributed by atoms with Gasteiger partial charge in [-0.15, -0.1) is 0 Å². The maximum Gasteiger partial charge on any atom is 0.202 e. The fraction of sp³-hybridized carbons (Fsp3) is 0.211. The van der Waals surface area contributed by atoms with Crippen LogP contribution in [-0.2, 0) is 17.3 Å². The zero-order valence-corrected chi connectivity index (χ0v) is 14.8. The third-order valence-corrected chi connectivity index (χ3v) is 5.90. The molecule has 0 N–H and O–H groups in total. The summed E-state index contributed by atoms with van der Waals surface area (Å²) in [6.45, 7) is 0.592. The fourth-order valence-electron chi connectivity index (χ4n) is 3.35. The van der Waals surface area contributed by atoms with Gasteiger partial charge in [0.05, 0.1) is 41.5 Å². The molecule has 4 rings (SSSR count). The summed E-state index contributed by atoms with van der Waals surface area (Å²) in [7, 11) is 1.89. The van der Waals surface area contributed by atoms with Crippen molar-refractivity contribution in [3.05, 3.63) is 52.7 Å². The Hall–Kier alpha value is -2.60. The number of hydrogen-bond donors (Lipinski definition) is 0. The van der Waals surface area contributed by atoms with Crippen LogP contribution in [0.2, 0.25) is 0 Å². The molecule has 3 aromatic rings. The molecule has 1 aliphatic rings. The summed E-state index contributed by atoms with van der Waals surface area (Å²) < 4.78 is 25.4. The van der Waals surface area contributed by atoms with Crippen molar-refractivity contribution in [1.29, 1.82) is 0 Å². The first-order valence-electron chi connectivity index (χ1n) is 7.92. The van der Waals surface area contributed by atoms with Gasteiger partial charge in [-0.3, -0.25) is 9.00 Å². The van der Waals surface area contributed by atoms with Crippen LogP contribution in [0, 0.1) is 0 Å². The minimum Gasteiger partial charge on any atom is -0.497 e. The van der Waals surface area contributed by atoms with Crippen LogP contribution in [0.5, 0.6) is 11.5 Å². The molecule has 25 heavy (non-hydrogen) atoms. The van der Waals surface area contributed by atoms with Gasteiger partial charge in [-0.25, -0.2) is 0 Å². The van der Waals surface area contributed by atoms with Crippen molar-refractivity contribution < 1.29 is 13.7 Å². The third kappa shape index (κ3) is 2.36. The molecule has 128 valence electrons. The highest BCUT2D eigenvalue weighted by Gasteiger charge is 2.28. The Morgan fingerprint density at radius 3 is 2.52 bits per heavy atom. The largest absolute Gasteiger partial charge is 0.497 e. The van der Waals surface area contributed by atoms with Crippen molar-refractivity contribution in [2.45, 2.75) is 11.6 Å². The molecule has 6 heteroatoms. The molecule has 0 saturated heterocycles. The smallest absolute Gasteiger partial charge is 0.202 e. The zero-order chi connectivity index (χ0) is 17.6. The standard InChI is InChI=1S/C19H17NO4S/c1-23-13-10-14-17(15(11-13)24-2)18(21)16(12-6-4-3-5-7-12)19-20(14)8-9-25(19)22/h3-7,10-11H,8-9H2,1-2H3. The number of fused-ring (bicyclic) bond motifs is 3. The van der Waals surface area contributed by atoms with Gasteiger partial charge >= 0.3 is 0 Å². The summed E-state index contributed by atoms with van der Waals surface area (Å²) in [4.78, 5) is 13.3. The summed E-state index contributed by atoms with van der Waals surface area (Å²) in [5.74, 6) is 1.56. The van der Waals surface area contributed by atoms with Crippen molar-refractivity contribution >= 4 is 21.7 Å². The Balaban J connectivity index is 2.21. The van der Waals surface area contributed by atoms with Crippen LogP contribution in [0.25, 0.3) is 22.0 Å². The van der Waals surface area contributed by atoms with Crippen molar-refractivity contribution in [2.75, 3.05) is 20.0 Å². The van der Waals surface area contributed by atoms with Gasteiger partial charge in [0, 0.05) is 24.4 Å². The van der Waals surface area contributed by atoms with E-state index < -0.39 is 10.8 Å². The normalized spacial score (nSPS) is 16.0. The van der Waals surface area contributed by atoms with Crippen molar-refractivity contribution in [2.24, 2.45) is 0 Å². The molecule has 0 spiro atoms. The average Bonchev–Trinajstić information content (AvgIpc) is 3.03. The molecule has 0 radical (unpaired) electrons. The molecule has 0 amide bonds. The maximum atomic E-state index is 13.3. The number of nitrogens with zero attached hydrogens (tertiary/aromatic N) is 1. The molecule has 5 nitrogen and oxygen atoms in total. The highest BCUT2D eigenvalue weighted by Crippen LogP contribution is 2.36. The Labute approximate surface area is 147 Å². The van der Waals surface area contributed by atoms with E-state index in [1.54, 1.807) is 19.2 Å². The predicted molar refractivity (Wildman–Crippen MR) is 98.0 cm³/mol. The van der Waals surface area contributed by atoms with Crippen LogP contribution < -0.4 is 14.9 Å². The van der Waals surface area contributed by atoms with Gasteiger partial charge in [-0.05, 0) is 5.56 Å². The van der Waals surface area contributed by atoms with E-state index in [-0.39, 0.29) is 5.43 Å². The lowest BCUT2D eigenvalue weighted by atomic mass is 10.0. The first-order chi connectivity index (χ1) is 12.2. The fourth-order valence-corrected chi connectivity index (χ4v) is 4.77. The SMILES string of the molecule is COc1cc(OC)c2c(=O)c(-c3ccccc3)c3n(c2c1)CCS3=O. The lowest BCUT2D eigenvalue weighted by molar-refractivity contribution is 0.397. The number of benzene rings is 2. The predicted octanol–water partition coefficient (Wildman–Crippen LogP) is 2.81. The molecular formula is C19H17NO4S. The first kappa shape index (κ1) is 15.9. The summed E-state index contributed by atoms with van der Waals surface area (Å²) in [5, 5.41) is 1.07. The van der Waals surface area contributed by atoms with Crippen LogP contribution in [0.3, 0.4) is 0 Å². The van der Waals surface area contributed by atoms with E-state index in [0.717, 1.165) is 5.56 Å². The van der Waals surface area contributed by atoms with Gasteiger partial charge in [0.25, 0.3) is 0 Å². The van der Waals surface area contributed by atoms with Crippen LogP contribution in [0.4, 0.5) is 0 Å². The number of aryl methyl sites for hydroxylation is 1. The molecular weight excluding hydrogens is 338 g/mol. The van der Waals surface area contributed by atoms with E-state index in [4.69, 9.17) is 9.47 Å². The summed E-state index contributed by atoms with van der Waals surface area (Å²) in [6, 6.07) is 12.9. The van der Waals surface area contributed by atoms with Crippen LogP contribution in [0.1, 0.15) is 0 Å². The third-order valence-electron chi connectivity index (χ3n) is 4.49. The number of pyridine rings is 1. The second kappa shape index (κ2) is 6.04. The molecule has 2 aromatic carbocycles. The number of methoxy groups -OCH3 is 2. The lowest BCUT2D eigenvalue weighted by Crippen LogP contribution is -2.15. The van der Waals surface area contributed by atoms with Gasteiger partial charge in [-0.1, -0.05) is 30.3 Å². The van der Waals surface area contributed by atoms with E-state index in [1.165, 1.54) is 7.11 Å². The van der Waals surface area contributed by atoms with Crippen LogP contribution >= 0.6 is 0 Å². The highest BCUT2D eigenvalue weighted by atomic mass is 32.2. The van der Waals surface area contributed by atoms with Crippen LogP contribution in [0.15, 0.2) is 52.3 Å². The molecule has 1 unspecified atom stereocenters. The molecule has 2 heterocycles. The minimum atomic E-state index is -1.21. The molecule has 1 aromatic heterocycles. The maximum absolute atomic E-state index is 13.3. The first-order valence-corrected chi connectivity index (χ1v) is 9.24.